The van der Waals surface area contributed by atoms with E-state index in [-0.39, 0.29) is 0 Å². The monoisotopic (exact) mass is 222 g/mol. The van der Waals surface area contributed by atoms with E-state index in [2.05, 4.69) is 30.8 Å². The normalized spacial score (nSPS) is 30.5. The van der Waals surface area contributed by atoms with Crippen molar-refractivity contribution in [1.29, 1.82) is 0 Å². The van der Waals surface area contributed by atoms with Crippen molar-refractivity contribution in [3.05, 3.63) is 5.82 Å². The summed E-state index contributed by atoms with van der Waals surface area (Å²) >= 11 is 0. The van der Waals surface area contributed by atoms with E-state index in [0.717, 1.165) is 18.4 Å². The van der Waals surface area contributed by atoms with Gasteiger partial charge >= 0.3 is 0 Å². The lowest BCUT2D eigenvalue weighted by molar-refractivity contribution is 0.166. The number of nitrogens with one attached hydrogen (secondary N) is 2. The van der Waals surface area contributed by atoms with Crippen molar-refractivity contribution in [1.82, 2.24) is 30.8 Å². The number of piperidine rings is 1. The Morgan fingerprint density at radius 1 is 1.38 bits per heavy atom. The number of fused-ring (bicyclic) bond motifs is 1. The first-order chi connectivity index (χ1) is 7.92. The molecule has 2 N–H and O–H groups in total. The van der Waals surface area contributed by atoms with Gasteiger partial charge in [-0.15, -0.1) is 10.2 Å². The molecule has 6 heteroatoms. The molecule has 0 radical (unpaired) electrons. The molecule has 3 rings (SSSR count). The molecule has 3 heterocycles. The van der Waals surface area contributed by atoms with Gasteiger partial charge in [-0.1, -0.05) is 5.21 Å². The van der Waals surface area contributed by atoms with Crippen molar-refractivity contribution < 1.29 is 0 Å². The molecule has 6 nitrogen and oxygen atoms in total. The van der Waals surface area contributed by atoms with Gasteiger partial charge in [0.15, 0.2) is 5.82 Å². The molecule has 2 fully saturated rings. The van der Waals surface area contributed by atoms with Crippen LogP contribution < -0.4 is 5.32 Å². The maximum atomic E-state index is 3.95. The average Bonchev–Trinajstić information content (AvgIpc) is 2.97. The first-order valence-corrected chi connectivity index (χ1v) is 6.11. The summed E-state index contributed by atoms with van der Waals surface area (Å²) in [6, 6.07) is 1.44. The second kappa shape index (κ2) is 4.47. The molecular formula is C10H18N6. The second-order valence-electron chi connectivity index (χ2n) is 4.76. The van der Waals surface area contributed by atoms with Crippen LogP contribution in [-0.4, -0.2) is 50.7 Å². The molecule has 2 atom stereocenters. The number of aromatic nitrogens is 4. The van der Waals surface area contributed by atoms with Crippen LogP contribution in [0.15, 0.2) is 0 Å². The van der Waals surface area contributed by atoms with Crippen LogP contribution in [0.1, 0.15) is 31.5 Å². The molecule has 0 saturated carbocycles. The Kier molecular flexibility index (Phi) is 2.84. The van der Waals surface area contributed by atoms with Crippen molar-refractivity contribution in [2.24, 2.45) is 0 Å². The number of nitrogens with zero attached hydrogens (tertiary/aromatic N) is 4. The Balaban J connectivity index is 1.49. The Hall–Kier alpha value is -1.01. The van der Waals surface area contributed by atoms with Crippen LogP contribution in [0.2, 0.25) is 0 Å². The standard InChI is InChI=1S/C10H18N6/c1-2-9-6-8(3-5-16(9)4-1)11-7-10-12-14-15-13-10/h8-9,11H,1-7H2,(H,12,13,14,15). The van der Waals surface area contributed by atoms with E-state index in [1.165, 1.54) is 38.8 Å². The topological polar surface area (TPSA) is 69.7 Å². The third-order valence-electron chi connectivity index (χ3n) is 3.76. The van der Waals surface area contributed by atoms with Crippen molar-refractivity contribution in [2.75, 3.05) is 13.1 Å². The van der Waals surface area contributed by atoms with E-state index in [1.807, 2.05) is 0 Å². The van der Waals surface area contributed by atoms with Gasteiger partial charge in [0.05, 0.1) is 6.54 Å². The first-order valence-electron chi connectivity index (χ1n) is 6.11. The van der Waals surface area contributed by atoms with Crippen molar-refractivity contribution in [3.8, 4) is 0 Å². The van der Waals surface area contributed by atoms with Gasteiger partial charge in [-0.05, 0) is 38.8 Å². The molecule has 2 unspecified atom stereocenters. The third kappa shape index (κ3) is 2.08. The molecule has 88 valence electrons. The molecule has 1 aromatic rings. The van der Waals surface area contributed by atoms with Crippen LogP contribution in [0, 0.1) is 0 Å². The minimum atomic E-state index is 0.623. The highest BCUT2D eigenvalue weighted by Crippen LogP contribution is 2.26. The van der Waals surface area contributed by atoms with Crippen LogP contribution >= 0.6 is 0 Å². The average molecular weight is 222 g/mol. The van der Waals surface area contributed by atoms with Crippen LogP contribution in [-0.2, 0) is 6.54 Å². The zero-order valence-electron chi connectivity index (χ0n) is 9.39. The molecule has 0 spiro atoms. The van der Waals surface area contributed by atoms with E-state index in [0.29, 0.717) is 6.04 Å². The molecule has 0 aliphatic carbocycles. The minimum absolute atomic E-state index is 0.623. The highest BCUT2D eigenvalue weighted by Gasteiger charge is 2.31. The molecule has 2 aliphatic rings. The number of hydrogen-bond acceptors (Lipinski definition) is 5. The summed E-state index contributed by atoms with van der Waals surface area (Å²) in [5.41, 5.74) is 0. The Morgan fingerprint density at radius 2 is 2.38 bits per heavy atom. The number of aromatic amines is 1. The SMILES string of the molecule is C1CC2CC(NCc3nn[nH]n3)CCN2C1. The van der Waals surface area contributed by atoms with Crippen LogP contribution in [0.3, 0.4) is 0 Å². The Bertz CT molecular complexity index is 324. The summed E-state index contributed by atoms with van der Waals surface area (Å²) in [4.78, 5) is 2.63. The number of tetrazole rings is 1. The van der Waals surface area contributed by atoms with Gasteiger partial charge < -0.3 is 10.2 Å². The fourth-order valence-corrected chi connectivity index (χ4v) is 2.90. The third-order valence-corrected chi connectivity index (χ3v) is 3.76. The highest BCUT2D eigenvalue weighted by atomic mass is 15.5. The quantitative estimate of drug-likeness (QED) is 0.748. The second-order valence-corrected chi connectivity index (χ2v) is 4.76. The molecular weight excluding hydrogens is 204 g/mol. The predicted octanol–water partition coefficient (Wildman–Crippen LogP) is -0.0839. The van der Waals surface area contributed by atoms with Crippen molar-refractivity contribution in [2.45, 2.75) is 44.3 Å². The van der Waals surface area contributed by atoms with Gasteiger partial charge in [-0.25, -0.2) is 0 Å². The molecule has 0 bridgehead atoms. The maximum absolute atomic E-state index is 3.95. The lowest BCUT2D eigenvalue weighted by Gasteiger charge is -2.35. The fourth-order valence-electron chi connectivity index (χ4n) is 2.90. The number of hydrogen-bond donors (Lipinski definition) is 2. The lowest BCUT2D eigenvalue weighted by Crippen LogP contribution is -2.45. The van der Waals surface area contributed by atoms with Gasteiger partial charge in [0, 0.05) is 12.1 Å². The molecule has 2 saturated heterocycles. The largest absolute Gasteiger partial charge is 0.307 e. The molecule has 0 aromatic carbocycles. The Morgan fingerprint density at radius 3 is 3.25 bits per heavy atom. The smallest absolute Gasteiger partial charge is 0.188 e. The Labute approximate surface area is 94.8 Å². The van der Waals surface area contributed by atoms with Gasteiger partial charge in [0.25, 0.3) is 0 Å². The van der Waals surface area contributed by atoms with Gasteiger partial charge in [0.1, 0.15) is 0 Å². The van der Waals surface area contributed by atoms with E-state index >= 15 is 0 Å². The van der Waals surface area contributed by atoms with Gasteiger partial charge in [0.2, 0.25) is 0 Å². The molecule has 0 amide bonds. The maximum Gasteiger partial charge on any atom is 0.188 e. The highest BCUT2D eigenvalue weighted by molar-refractivity contribution is 4.90. The van der Waals surface area contributed by atoms with Crippen LogP contribution in [0.25, 0.3) is 0 Å². The summed E-state index contributed by atoms with van der Waals surface area (Å²) < 4.78 is 0. The lowest BCUT2D eigenvalue weighted by atomic mass is 9.98. The summed E-state index contributed by atoms with van der Waals surface area (Å²) in [6.07, 6.45) is 5.27. The molecule has 2 aliphatic heterocycles. The fraction of sp³-hybridized carbons (Fsp3) is 0.900. The summed E-state index contributed by atoms with van der Waals surface area (Å²) in [5.74, 6) is 0.758. The van der Waals surface area contributed by atoms with Crippen LogP contribution in [0.5, 0.6) is 0 Å². The predicted molar refractivity (Wildman–Crippen MR) is 58.6 cm³/mol. The van der Waals surface area contributed by atoms with Gasteiger partial charge in [-0.3, -0.25) is 0 Å². The zero-order valence-corrected chi connectivity index (χ0v) is 9.39. The van der Waals surface area contributed by atoms with Crippen molar-refractivity contribution in [3.63, 3.8) is 0 Å². The van der Waals surface area contributed by atoms with E-state index < -0.39 is 0 Å². The molecule has 1 aromatic heterocycles. The summed E-state index contributed by atoms with van der Waals surface area (Å²) in [7, 11) is 0. The van der Waals surface area contributed by atoms with E-state index in [9.17, 15) is 0 Å². The van der Waals surface area contributed by atoms with E-state index in [4.69, 9.17) is 0 Å². The van der Waals surface area contributed by atoms with E-state index in [1.54, 1.807) is 0 Å². The minimum Gasteiger partial charge on any atom is -0.307 e. The first kappa shape index (κ1) is 10.2. The van der Waals surface area contributed by atoms with Crippen molar-refractivity contribution >= 4 is 0 Å². The zero-order chi connectivity index (χ0) is 10.8. The number of H-pyrrole nitrogens is 1. The number of rotatable bonds is 3. The molecule has 16 heavy (non-hydrogen) atoms. The summed E-state index contributed by atoms with van der Waals surface area (Å²) in [5, 5.41) is 17.4. The summed E-state index contributed by atoms with van der Waals surface area (Å²) in [6.45, 7) is 3.28. The van der Waals surface area contributed by atoms with Gasteiger partial charge in [-0.2, -0.15) is 5.21 Å². The van der Waals surface area contributed by atoms with Crippen LogP contribution in [0.4, 0.5) is 0 Å².